The molecule has 0 radical (unpaired) electrons. The van der Waals surface area contributed by atoms with E-state index in [1.165, 1.54) is 0 Å². The van der Waals surface area contributed by atoms with Crippen LogP contribution >= 0.6 is 0 Å². The molecule has 198 valence electrons. The number of Topliss-reactive ketones (excluding diaryl/α,β-unsaturated/α-hetero) is 1. The van der Waals surface area contributed by atoms with Gasteiger partial charge in [-0.05, 0) is 49.8 Å². The van der Waals surface area contributed by atoms with Crippen LogP contribution < -0.4 is 4.74 Å². The second-order valence-corrected chi connectivity index (χ2v) is 10.7. The molecule has 0 fully saturated rings. The minimum absolute atomic E-state index is 0.0459. The molecule has 0 bridgehead atoms. The number of nitrogens with zero attached hydrogens (tertiary/aromatic N) is 1. The number of hydrogen-bond donors (Lipinski definition) is 1. The van der Waals surface area contributed by atoms with Crippen LogP contribution in [0.5, 0.6) is 5.75 Å². The van der Waals surface area contributed by atoms with Gasteiger partial charge in [-0.1, -0.05) is 58.4 Å². The minimum atomic E-state index is -1.15. The smallest absolute Gasteiger partial charge is 0.309 e. The van der Waals surface area contributed by atoms with Crippen molar-refractivity contribution in [2.24, 2.45) is 23.2 Å². The second kappa shape index (κ2) is 13.0. The van der Waals surface area contributed by atoms with E-state index in [1.54, 1.807) is 33.2 Å². The van der Waals surface area contributed by atoms with E-state index in [4.69, 9.17) is 9.47 Å². The van der Waals surface area contributed by atoms with Crippen molar-refractivity contribution in [1.29, 1.82) is 0 Å². The minimum Gasteiger partial charge on any atom is -0.497 e. The summed E-state index contributed by atoms with van der Waals surface area (Å²) in [5.41, 5.74) is 1.61. The maximum atomic E-state index is 13.3. The van der Waals surface area contributed by atoms with Gasteiger partial charge in [0.1, 0.15) is 17.6 Å². The number of cyclic esters (lactones) is 1. The predicted octanol–water partition coefficient (Wildman–Crippen LogP) is 5.96. The lowest BCUT2D eigenvalue weighted by Crippen LogP contribution is -2.43. The van der Waals surface area contributed by atoms with Gasteiger partial charge in [-0.3, -0.25) is 14.6 Å². The maximum Gasteiger partial charge on any atom is 0.309 e. The first-order valence-electron chi connectivity index (χ1n) is 12.8. The number of ketones is 1. The van der Waals surface area contributed by atoms with Crippen molar-refractivity contribution in [1.82, 2.24) is 4.98 Å². The first kappa shape index (κ1) is 29.5. The second-order valence-electron chi connectivity index (χ2n) is 10.7. The Morgan fingerprint density at radius 1 is 1.25 bits per heavy atom. The highest BCUT2D eigenvalue weighted by molar-refractivity contribution is 5.87. The third kappa shape index (κ3) is 7.89. The summed E-state index contributed by atoms with van der Waals surface area (Å²) in [7, 11) is 1.60. The van der Waals surface area contributed by atoms with Gasteiger partial charge in [0, 0.05) is 24.6 Å². The summed E-state index contributed by atoms with van der Waals surface area (Å²) < 4.78 is 11.1. The summed E-state index contributed by atoms with van der Waals surface area (Å²) >= 11 is 0. The number of allylic oxidation sites excluding steroid dienone is 3. The number of pyridine rings is 1. The highest BCUT2D eigenvalue weighted by Gasteiger charge is 2.41. The van der Waals surface area contributed by atoms with Crippen molar-refractivity contribution in [3.05, 3.63) is 53.4 Å². The van der Waals surface area contributed by atoms with Crippen molar-refractivity contribution >= 4 is 17.8 Å². The van der Waals surface area contributed by atoms with Crippen LogP contribution in [0.4, 0.5) is 0 Å². The largest absolute Gasteiger partial charge is 0.497 e. The molecule has 0 saturated heterocycles. The topological polar surface area (TPSA) is 85.7 Å². The SMILES string of the molecule is COc1ccnc(/C=C(\C)[C@@H]2C/C=C(/C)C/C=C/[C@H](C)[C@H](C)[C@@H](C)C(=O)C(C)(C)[C@@H](O)CC(=O)O2)c1. The number of hydrogen-bond acceptors (Lipinski definition) is 6. The fourth-order valence-corrected chi connectivity index (χ4v) is 4.39. The Morgan fingerprint density at radius 2 is 1.94 bits per heavy atom. The van der Waals surface area contributed by atoms with Crippen molar-refractivity contribution in [2.75, 3.05) is 7.11 Å². The number of carbonyl (C=O) groups is 2. The number of aromatic nitrogens is 1. The Bertz CT molecular complexity index is 1010. The van der Waals surface area contributed by atoms with Crippen LogP contribution in [0, 0.1) is 23.2 Å². The molecule has 36 heavy (non-hydrogen) atoms. The van der Waals surface area contributed by atoms with Crippen LogP contribution in [-0.4, -0.2) is 41.2 Å². The van der Waals surface area contributed by atoms with E-state index in [9.17, 15) is 14.7 Å². The van der Waals surface area contributed by atoms with Crippen LogP contribution in [0.25, 0.3) is 6.08 Å². The predicted molar refractivity (Wildman–Crippen MR) is 143 cm³/mol. The van der Waals surface area contributed by atoms with Gasteiger partial charge < -0.3 is 14.6 Å². The van der Waals surface area contributed by atoms with E-state index in [0.29, 0.717) is 17.9 Å². The van der Waals surface area contributed by atoms with Gasteiger partial charge in [-0.2, -0.15) is 0 Å². The molecule has 0 spiro atoms. The zero-order valence-electron chi connectivity index (χ0n) is 23.1. The Labute approximate surface area is 216 Å². The number of rotatable bonds is 3. The molecule has 0 unspecified atom stereocenters. The molecule has 1 aromatic rings. The monoisotopic (exact) mass is 497 g/mol. The van der Waals surface area contributed by atoms with Crippen LogP contribution in [0.15, 0.2) is 47.7 Å². The fraction of sp³-hybridized carbons (Fsp3) is 0.567. The van der Waals surface area contributed by atoms with E-state index < -0.39 is 23.6 Å². The van der Waals surface area contributed by atoms with Crippen molar-refractivity contribution in [3.8, 4) is 5.75 Å². The van der Waals surface area contributed by atoms with Crippen molar-refractivity contribution in [3.63, 3.8) is 0 Å². The molecule has 2 heterocycles. The normalized spacial score (nSPS) is 31.2. The molecule has 1 N–H and O–H groups in total. The molecule has 1 aromatic heterocycles. The third-order valence-electron chi connectivity index (χ3n) is 7.56. The van der Waals surface area contributed by atoms with E-state index in [-0.39, 0.29) is 30.0 Å². The van der Waals surface area contributed by atoms with Gasteiger partial charge in [0.25, 0.3) is 0 Å². The summed E-state index contributed by atoms with van der Waals surface area (Å²) in [6, 6.07) is 3.58. The Kier molecular flexibility index (Phi) is 10.7. The van der Waals surface area contributed by atoms with Crippen LogP contribution in [0.3, 0.4) is 0 Å². The summed E-state index contributed by atoms with van der Waals surface area (Å²) in [6.07, 6.45) is 9.29. The molecular weight excluding hydrogens is 454 g/mol. The number of methoxy groups -OCH3 is 1. The summed E-state index contributed by atoms with van der Waals surface area (Å²) in [5.74, 6) is 0.155. The fourth-order valence-electron chi connectivity index (χ4n) is 4.39. The first-order chi connectivity index (χ1) is 16.9. The standard InChI is InChI=1S/C30H43NO5/c1-19-10-9-11-20(2)22(4)23(5)29(34)30(6,7)27(32)18-28(33)36-26(13-12-19)21(3)16-24-17-25(35-8)14-15-31-24/h9,11-12,14-17,20,22-23,26-27,32H,10,13,18H2,1-8H3/b11-9+,19-12-,21-16+/t20-,22-,23+,26-,27-/m0/s1. The molecule has 0 aliphatic carbocycles. The van der Waals surface area contributed by atoms with Gasteiger partial charge in [0.2, 0.25) is 0 Å². The highest BCUT2D eigenvalue weighted by Crippen LogP contribution is 2.34. The van der Waals surface area contributed by atoms with Crippen LogP contribution in [0.1, 0.15) is 73.4 Å². The Balaban J connectivity index is 2.40. The third-order valence-corrected chi connectivity index (χ3v) is 7.56. The Morgan fingerprint density at radius 3 is 2.61 bits per heavy atom. The molecule has 5 atom stereocenters. The molecule has 2 rings (SSSR count). The zero-order valence-corrected chi connectivity index (χ0v) is 23.1. The highest BCUT2D eigenvalue weighted by atomic mass is 16.5. The summed E-state index contributed by atoms with van der Waals surface area (Å²) in [4.78, 5) is 30.6. The van der Waals surface area contributed by atoms with Crippen molar-refractivity contribution in [2.45, 2.75) is 79.9 Å². The molecular formula is C30H43NO5. The number of esters is 1. The summed E-state index contributed by atoms with van der Waals surface area (Å²) in [5, 5.41) is 10.9. The number of carbonyl (C=O) groups excluding carboxylic acids is 2. The van der Waals surface area contributed by atoms with Gasteiger partial charge >= 0.3 is 5.97 Å². The maximum absolute atomic E-state index is 13.3. The van der Waals surface area contributed by atoms with E-state index in [0.717, 1.165) is 17.6 Å². The average Bonchev–Trinajstić information content (AvgIpc) is 2.84. The number of aliphatic hydroxyl groups is 1. The van der Waals surface area contributed by atoms with Crippen molar-refractivity contribution < 1.29 is 24.2 Å². The van der Waals surface area contributed by atoms with Gasteiger partial charge in [0.15, 0.2) is 0 Å². The quantitative estimate of drug-likeness (QED) is 0.410. The lowest BCUT2D eigenvalue weighted by molar-refractivity contribution is -0.153. The van der Waals surface area contributed by atoms with E-state index in [2.05, 4.69) is 44.0 Å². The molecule has 0 amide bonds. The summed E-state index contributed by atoms with van der Waals surface area (Å²) in [6.45, 7) is 13.5. The first-order valence-corrected chi connectivity index (χ1v) is 12.8. The van der Waals surface area contributed by atoms with Crippen LogP contribution in [0.2, 0.25) is 0 Å². The lowest BCUT2D eigenvalue weighted by Gasteiger charge is -2.34. The van der Waals surface area contributed by atoms with Gasteiger partial charge in [-0.15, -0.1) is 0 Å². The van der Waals surface area contributed by atoms with Crippen LogP contribution in [-0.2, 0) is 14.3 Å². The average molecular weight is 498 g/mol. The molecule has 1 aliphatic rings. The van der Waals surface area contributed by atoms with E-state index in [1.807, 2.05) is 26.0 Å². The molecule has 0 saturated carbocycles. The van der Waals surface area contributed by atoms with Gasteiger partial charge in [-0.25, -0.2) is 0 Å². The molecule has 6 nitrogen and oxygen atoms in total. The zero-order chi connectivity index (χ0) is 27.0. The number of ether oxygens (including phenoxy) is 2. The lowest BCUT2D eigenvalue weighted by atomic mass is 9.71. The Hall–Kier alpha value is -2.73. The molecule has 0 aromatic carbocycles. The van der Waals surface area contributed by atoms with E-state index >= 15 is 0 Å². The molecule has 6 heteroatoms. The van der Waals surface area contributed by atoms with Gasteiger partial charge in [0.05, 0.1) is 30.7 Å². The number of aliphatic hydroxyl groups excluding tert-OH is 1. The molecule has 1 aliphatic heterocycles.